The van der Waals surface area contributed by atoms with Gasteiger partial charge in [0, 0.05) is 11.8 Å². The van der Waals surface area contributed by atoms with Crippen LogP contribution in [0.5, 0.6) is 5.75 Å². The molecule has 0 bridgehead atoms. The Kier molecular flexibility index (Phi) is 4.90. The molecule has 0 atom stereocenters. The van der Waals surface area contributed by atoms with Gasteiger partial charge in [-0.05, 0) is 30.7 Å². The number of benzene rings is 2. The van der Waals surface area contributed by atoms with Crippen molar-refractivity contribution in [3.8, 4) is 5.75 Å². The van der Waals surface area contributed by atoms with E-state index >= 15 is 0 Å². The van der Waals surface area contributed by atoms with Crippen molar-refractivity contribution in [3.63, 3.8) is 0 Å². The van der Waals surface area contributed by atoms with Gasteiger partial charge in [0.2, 0.25) is 0 Å². The summed E-state index contributed by atoms with van der Waals surface area (Å²) in [6, 6.07) is 7.38. The van der Waals surface area contributed by atoms with Gasteiger partial charge in [-0.3, -0.25) is 4.79 Å². The van der Waals surface area contributed by atoms with Crippen molar-refractivity contribution in [1.29, 1.82) is 0 Å². The van der Waals surface area contributed by atoms with Crippen LogP contribution in [0.2, 0.25) is 0 Å². The lowest BCUT2D eigenvalue weighted by Gasteiger charge is -2.08. The average molecular weight is 321 g/mol. The maximum atomic E-state index is 13.0. The van der Waals surface area contributed by atoms with Crippen LogP contribution in [0.15, 0.2) is 36.4 Å². The molecule has 7 heteroatoms. The molecule has 5 nitrogen and oxygen atoms in total. The summed E-state index contributed by atoms with van der Waals surface area (Å²) in [5.41, 5.74) is 0.458. The van der Waals surface area contributed by atoms with Crippen molar-refractivity contribution < 1.29 is 28.2 Å². The molecule has 1 amide bonds. The molecule has 2 aromatic carbocycles. The van der Waals surface area contributed by atoms with Crippen molar-refractivity contribution in [2.45, 2.75) is 6.92 Å². The maximum absolute atomic E-state index is 13.0. The van der Waals surface area contributed by atoms with Gasteiger partial charge in [0.05, 0.1) is 0 Å². The number of anilines is 1. The van der Waals surface area contributed by atoms with Crippen LogP contribution >= 0.6 is 0 Å². The van der Waals surface area contributed by atoms with Crippen LogP contribution in [-0.4, -0.2) is 23.6 Å². The van der Waals surface area contributed by atoms with Crippen LogP contribution in [0.1, 0.15) is 15.9 Å². The summed E-state index contributed by atoms with van der Waals surface area (Å²) in [6.07, 6.45) is 0. The smallest absolute Gasteiger partial charge is 0.342 e. The first-order chi connectivity index (χ1) is 10.9. The number of nitrogens with one attached hydrogen (secondary N) is 1. The number of aromatic hydroxyl groups is 1. The number of phenolic OH excluding ortho intramolecular Hbond substituents is 1. The summed E-state index contributed by atoms with van der Waals surface area (Å²) in [6.45, 7) is 0.979. The van der Waals surface area contributed by atoms with Gasteiger partial charge in [-0.2, -0.15) is 0 Å². The van der Waals surface area contributed by atoms with E-state index in [1.54, 1.807) is 19.1 Å². The van der Waals surface area contributed by atoms with Gasteiger partial charge in [0.1, 0.15) is 11.3 Å². The number of carbonyl (C=O) groups is 2. The van der Waals surface area contributed by atoms with Gasteiger partial charge in [0.15, 0.2) is 18.2 Å². The van der Waals surface area contributed by atoms with Crippen molar-refractivity contribution in [2.75, 3.05) is 11.9 Å². The summed E-state index contributed by atoms with van der Waals surface area (Å²) in [5.74, 6) is -3.96. The first kappa shape index (κ1) is 16.4. The zero-order chi connectivity index (χ0) is 17.0. The molecule has 0 spiro atoms. The molecule has 0 saturated heterocycles. The van der Waals surface area contributed by atoms with E-state index in [9.17, 15) is 23.5 Å². The molecule has 0 heterocycles. The lowest BCUT2D eigenvalue weighted by molar-refractivity contribution is -0.119. The molecule has 2 rings (SSSR count). The number of aryl methyl sites for hydroxylation is 1. The Morgan fingerprint density at radius 3 is 2.61 bits per heavy atom. The molecule has 0 radical (unpaired) electrons. The first-order valence-corrected chi connectivity index (χ1v) is 6.59. The minimum Gasteiger partial charge on any atom is -0.507 e. The van der Waals surface area contributed by atoms with E-state index in [4.69, 9.17) is 4.74 Å². The molecule has 0 aliphatic heterocycles. The highest BCUT2D eigenvalue weighted by atomic mass is 19.2. The van der Waals surface area contributed by atoms with Crippen LogP contribution in [0.4, 0.5) is 14.5 Å². The number of esters is 1. The molecule has 120 valence electrons. The Labute approximate surface area is 130 Å². The van der Waals surface area contributed by atoms with Gasteiger partial charge in [-0.25, -0.2) is 13.6 Å². The number of hydrogen-bond acceptors (Lipinski definition) is 4. The highest BCUT2D eigenvalue weighted by Crippen LogP contribution is 2.22. The molecule has 2 aromatic rings. The predicted molar refractivity (Wildman–Crippen MR) is 78.1 cm³/mol. The van der Waals surface area contributed by atoms with E-state index in [1.165, 1.54) is 12.1 Å². The Hall–Kier alpha value is -2.96. The summed E-state index contributed by atoms with van der Waals surface area (Å²) in [7, 11) is 0. The van der Waals surface area contributed by atoms with E-state index in [0.29, 0.717) is 5.56 Å². The topological polar surface area (TPSA) is 75.6 Å². The molecule has 0 saturated carbocycles. The van der Waals surface area contributed by atoms with Crippen LogP contribution in [0.3, 0.4) is 0 Å². The van der Waals surface area contributed by atoms with E-state index in [1.807, 2.05) is 0 Å². The fraction of sp³-hybridized carbons (Fsp3) is 0.125. The number of para-hydroxylation sites is 1. The molecule has 2 N–H and O–H groups in total. The Morgan fingerprint density at radius 1 is 1.17 bits per heavy atom. The summed E-state index contributed by atoms with van der Waals surface area (Å²) in [5, 5.41) is 12.0. The van der Waals surface area contributed by atoms with E-state index in [2.05, 4.69) is 5.32 Å². The third-order valence-electron chi connectivity index (χ3n) is 3.00. The largest absolute Gasteiger partial charge is 0.507 e. The average Bonchev–Trinajstić information content (AvgIpc) is 2.51. The first-order valence-electron chi connectivity index (χ1n) is 6.59. The van der Waals surface area contributed by atoms with Gasteiger partial charge in [-0.1, -0.05) is 12.1 Å². The zero-order valence-corrected chi connectivity index (χ0v) is 12.1. The number of amides is 1. The van der Waals surface area contributed by atoms with E-state index < -0.39 is 30.1 Å². The second kappa shape index (κ2) is 6.87. The third-order valence-corrected chi connectivity index (χ3v) is 3.00. The zero-order valence-electron chi connectivity index (χ0n) is 12.1. The number of rotatable bonds is 4. The third kappa shape index (κ3) is 4.03. The highest BCUT2D eigenvalue weighted by molar-refractivity contribution is 5.96. The van der Waals surface area contributed by atoms with Crippen LogP contribution in [-0.2, 0) is 9.53 Å². The van der Waals surface area contributed by atoms with E-state index in [0.717, 1.165) is 12.1 Å². The Bertz CT molecular complexity index is 762. The Morgan fingerprint density at radius 2 is 1.91 bits per heavy atom. The molecule has 23 heavy (non-hydrogen) atoms. The molecule has 0 aliphatic carbocycles. The molecular weight excluding hydrogens is 308 g/mol. The van der Waals surface area contributed by atoms with Crippen molar-refractivity contribution >= 4 is 17.6 Å². The molecule has 0 aliphatic rings. The number of halogens is 2. The van der Waals surface area contributed by atoms with Crippen LogP contribution < -0.4 is 5.32 Å². The van der Waals surface area contributed by atoms with Gasteiger partial charge in [-0.15, -0.1) is 0 Å². The lowest BCUT2D eigenvalue weighted by Crippen LogP contribution is -2.21. The maximum Gasteiger partial charge on any atom is 0.342 e. The fourth-order valence-electron chi connectivity index (χ4n) is 1.80. The van der Waals surface area contributed by atoms with Crippen molar-refractivity contribution in [3.05, 3.63) is 59.2 Å². The van der Waals surface area contributed by atoms with Gasteiger partial charge in [0.25, 0.3) is 5.91 Å². The van der Waals surface area contributed by atoms with Gasteiger partial charge >= 0.3 is 5.97 Å². The van der Waals surface area contributed by atoms with Crippen LogP contribution in [0, 0.1) is 18.6 Å². The van der Waals surface area contributed by atoms with Crippen LogP contribution in [0.25, 0.3) is 0 Å². The number of hydrogen-bond donors (Lipinski definition) is 2. The minimum atomic E-state index is -1.11. The van der Waals surface area contributed by atoms with E-state index in [-0.39, 0.29) is 17.0 Å². The lowest BCUT2D eigenvalue weighted by atomic mass is 10.1. The fourth-order valence-corrected chi connectivity index (χ4v) is 1.80. The van der Waals surface area contributed by atoms with Gasteiger partial charge < -0.3 is 15.2 Å². The van der Waals surface area contributed by atoms with Crippen molar-refractivity contribution in [1.82, 2.24) is 0 Å². The van der Waals surface area contributed by atoms with Crippen molar-refractivity contribution in [2.24, 2.45) is 0 Å². The predicted octanol–water partition coefficient (Wildman–Crippen LogP) is 2.77. The SMILES string of the molecule is Cc1cccc(C(=O)OCC(=O)Nc2ccc(F)c(F)c2)c1O. The summed E-state index contributed by atoms with van der Waals surface area (Å²) in [4.78, 5) is 23.4. The monoisotopic (exact) mass is 321 g/mol. The standard InChI is InChI=1S/C16H13F2NO4/c1-9-3-2-4-11(15(9)21)16(22)23-8-14(20)19-10-5-6-12(17)13(18)7-10/h2-7,21H,8H2,1H3,(H,19,20). The quantitative estimate of drug-likeness (QED) is 0.849. The molecule has 0 unspecified atom stereocenters. The minimum absolute atomic E-state index is 0.0309. The summed E-state index contributed by atoms with van der Waals surface area (Å²) >= 11 is 0. The highest BCUT2D eigenvalue weighted by Gasteiger charge is 2.15. The number of ether oxygens (including phenoxy) is 1. The Balaban J connectivity index is 1.94. The second-order valence-corrected chi connectivity index (χ2v) is 4.72. The normalized spacial score (nSPS) is 10.2. The summed E-state index contributed by atoms with van der Waals surface area (Å²) < 4.78 is 30.5. The molecule has 0 fully saturated rings. The number of phenols is 1. The molecule has 0 aromatic heterocycles. The molecular formula is C16H13F2NO4. The number of carbonyl (C=O) groups excluding carboxylic acids is 2. The second-order valence-electron chi connectivity index (χ2n) is 4.72.